The molecule has 2 rings (SSSR count). The molecule has 0 saturated carbocycles. The van der Waals surface area contributed by atoms with Crippen LogP contribution in [0, 0.1) is 0 Å². The van der Waals surface area contributed by atoms with Gasteiger partial charge in [-0.2, -0.15) is 0 Å². The van der Waals surface area contributed by atoms with E-state index in [4.69, 9.17) is 11.6 Å². The number of aromatic nitrogens is 2. The number of rotatable bonds is 5. The van der Waals surface area contributed by atoms with E-state index in [1.165, 1.54) is 6.20 Å². The third kappa shape index (κ3) is 4.62. The Hall–Kier alpha value is -1.24. The summed E-state index contributed by atoms with van der Waals surface area (Å²) in [7, 11) is 0. The molecule has 0 unspecified atom stereocenters. The molecule has 0 bridgehead atoms. The van der Waals surface area contributed by atoms with Crippen molar-refractivity contribution in [3.8, 4) is 0 Å². The lowest BCUT2D eigenvalue weighted by Gasteiger charge is -2.27. The van der Waals surface area contributed by atoms with Crippen LogP contribution in [0.5, 0.6) is 0 Å². The normalized spacial score (nSPS) is 16.2. The number of hydrogen-bond donors (Lipinski definition) is 2. The van der Waals surface area contributed by atoms with Crippen molar-refractivity contribution >= 4 is 17.5 Å². The average Bonchev–Trinajstić information content (AvgIpc) is 2.48. The van der Waals surface area contributed by atoms with Crippen LogP contribution in [0.15, 0.2) is 6.20 Å². The standard InChI is InChI=1S/C14H22ClN5O/c1-10(2)13-18-9-11(15)12(19-13)14(21)17-5-8-20-6-3-16-4-7-20/h9-10,16H,3-8H2,1-2H3,(H,17,21). The van der Waals surface area contributed by atoms with Gasteiger partial charge in [0.1, 0.15) is 11.5 Å². The van der Waals surface area contributed by atoms with Gasteiger partial charge in [-0.15, -0.1) is 0 Å². The van der Waals surface area contributed by atoms with E-state index in [1.54, 1.807) is 0 Å². The SMILES string of the molecule is CC(C)c1ncc(Cl)c(C(=O)NCCN2CCNCC2)n1. The number of piperazine rings is 1. The summed E-state index contributed by atoms with van der Waals surface area (Å²) in [4.78, 5) is 22.9. The van der Waals surface area contributed by atoms with Crippen LogP contribution in [0.2, 0.25) is 5.02 Å². The van der Waals surface area contributed by atoms with Crippen LogP contribution in [0.3, 0.4) is 0 Å². The largest absolute Gasteiger partial charge is 0.349 e. The fourth-order valence-corrected chi connectivity index (χ4v) is 2.34. The maximum atomic E-state index is 12.2. The molecule has 1 aliphatic rings. The van der Waals surface area contributed by atoms with Gasteiger partial charge in [-0.05, 0) is 0 Å². The molecule has 1 amide bonds. The number of halogens is 1. The summed E-state index contributed by atoms with van der Waals surface area (Å²) < 4.78 is 0. The molecule has 1 aromatic heterocycles. The minimum atomic E-state index is -0.237. The zero-order valence-corrected chi connectivity index (χ0v) is 13.3. The van der Waals surface area contributed by atoms with Crippen LogP contribution >= 0.6 is 11.6 Å². The number of nitrogens with zero attached hydrogens (tertiary/aromatic N) is 3. The van der Waals surface area contributed by atoms with Crippen molar-refractivity contribution < 1.29 is 4.79 Å². The van der Waals surface area contributed by atoms with Gasteiger partial charge in [-0.3, -0.25) is 9.69 Å². The van der Waals surface area contributed by atoms with Crippen LogP contribution in [0.4, 0.5) is 0 Å². The Labute approximate surface area is 130 Å². The molecular weight excluding hydrogens is 290 g/mol. The van der Waals surface area contributed by atoms with Gasteiger partial charge in [0.05, 0.1) is 11.2 Å². The second-order valence-corrected chi connectivity index (χ2v) is 5.83. The number of carbonyl (C=O) groups excluding carboxylic acids is 1. The molecule has 0 atom stereocenters. The smallest absolute Gasteiger partial charge is 0.271 e. The molecule has 6 nitrogen and oxygen atoms in total. The van der Waals surface area contributed by atoms with E-state index in [9.17, 15) is 4.79 Å². The van der Waals surface area contributed by atoms with Gasteiger partial charge < -0.3 is 10.6 Å². The first-order valence-electron chi connectivity index (χ1n) is 7.31. The fraction of sp³-hybridized carbons (Fsp3) is 0.643. The summed E-state index contributed by atoms with van der Waals surface area (Å²) in [5.41, 5.74) is 0.260. The van der Waals surface area contributed by atoms with Gasteiger partial charge in [0.25, 0.3) is 5.91 Å². The van der Waals surface area contributed by atoms with Crippen molar-refractivity contribution in [2.75, 3.05) is 39.3 Å². The molecule has 1 fully saturated rings. The molecule has 0 radical (unpaired) electrons. The van der Waals surface area contributed by atoms with E-state index in [0.29, 0.717) is 17.4 Å². The highest BCUT2D eigenvalue weighted by Gasteiger charge is 2.16. The van der Waals surface area contributed by atoms with Crippen molar-refractivity contribution in [1.82, 2.24) is 25.5 Å². The first-order chi connectivity index (χ1) is 10.1. The monoisotopic (exact) mass is 311 g/mol. The van der Waals surface area contributed by atoms with Crippen LogP contribution in [0.25, 0.3) is 0 Å². The molecule has 116 valence electrons. The lowest BCUT2D eigenvalue weighted by molar-refractivity contribution is 0.0942. The van der Waals surface area contributed by atoms with E-state index < -0.39 is 0 Å². The first kappa shape index (κ1) is 16.1. The predicted molar refractivity (Wildman–Crippen MR) is 82.8 cm³/mol. The highest BCUT2D eigenvalue weighted by atomic mass is 35.5. The van der Waals surface area contributed by atoms with Gasteiger partial charge in [0.15, 0.2) is 0 Å². The van der Waals surface area contributed by atoms with E-state index in [0.717, 1.165) is 32.7 Å². The lowest BCUT2D eigenvalue weighted by Crippen LogP contribution is -2.46. The zero-order valence-electron chi connectivity index (χ0n) is 12.5. The Morgan fingerprint density at radius 1 is 1.48 bits per heavy atom. The third-order valence-electron chi connectivity index (χ3n) is 3.42. The molecule has 2 N–H and O–H groups in total. The van der Waals surface area contributed by atoms with Gasteiger partial charge in [-0.25, -0.2) is 9.97 Å². The Kier molecular flexibility index (Phi) is 5.90. The molecule has 0 aromatic carbocycles. The predicted octanol–water partition coefficient (Wildman–Crippen LogP) is 0.888. The molecule has 21 heavy (non-hydrogen) atoms. The average molecular weight is 312 g/mol. The molecule has 1 aliphatic heterocycles. The summed E-state index contributed by atoms with van der Waals surface area (Å²) in [6, 6.07) is 0. The van der Waals surface area contributed by atoms with Crippen molar-refractivity contribution in [3.05, 3.63) is 22.7 Å². The Bertz CT molecular complexity index is 488. The maximum Gasteiger partial charge on any atom is 0.271 e. The topological polar surface area (TPSA) is 70.2 Å². The second kappa shape index (κ2) is 7.68. The number of hydrogen-bond acceptors (Lipinski definition) is 5. The van der Waals surface area contributed by atoms with E-state index >= 15 is 0 Å². The number of amides is 1. The molecule has 7 heteroatoms. The van der Waals surface area contributed by atoms with Crippen LogP contribution in [-0.2, 0) is 0 Å². The minimum absolute atomic E-state index is 0.162. The highest BCUT2D eigenvalue weighted by molar-refractivity contribution is 6.33. The third-order valence-corrected chi connectivity index (χ3v) is 3.69. The summed E-state index contributed by atoms with van der Waals surface area (Å²) in [5.74, 6) is 0.556. The molecular formula is C14H22ClN5O. The van der Waals surface area contributed by atoms with Gasteiger partial charge in [-0.1, -0.05) is 25.4 Å². The first-order valence-corrected chi connectivity index (χ1v) is 7.69. The minimum Gasteiger partial charge on any atom is -0.349 e. The zero-order chi connectivity index (χ0) is 15.2. The number of nitrogens with one attached hydrogen (secondary N) is 2. The van der Waals surface area contributed by atoms with Crippen molar-refractivity contribution in [3.63, 3.8) is 0 Å². The molecule has 0 spiro atoms. The van der Waals surface area contributed by atoms with Crippen molar-refractivity contribution in [1.29, 1.82) is 0 Å². The van der Waals surface area contributed by atoms with Crippen LogP contribution < -0.4 is 10.6 Å². The van der Waals surface area contributed by atoms with Crippen molar-refractivity contribution in [2.24, 2.45) is 0 Å². The summed E-state index contributed by atoms with van der Waals surface area (Å²) >= 11 is 6.02. The van der Waals surface area contributed by atoms with E-state index in [1.807, 2.05) is 13.8 Å². The van der Waals surface area contributed by atoms with Gasteiger partial charge >= 0.3 is 0 Å². The Morgan fingerprint density at radius 3 is 2.86 bits per heavy atom. The van der Waals surface area contributed by atoms with Crippen LogP contribution in [0.1, 0.15) is 36.1 Å². The van der Waals surface area contributed by atoms with E-state index in [-0.39, 0.29) is 17.5 Å². The lowest BCUT2D eigenvalue weighted by atomic mass is 10.2. The summed E-state index contributed by atoms with van der Waals surface area (Å²) in [5, 5.41) is 6.47. The molecule has 2 heterocycles. The summed E-state index contributed by atoms with van der Waals surface area (Å²) in [6.07, 6.45) is 1.50. The maximum absolute atomic E-state index is 12.2. The highest BCUT2D eigenvalue weighted by Crippen LogP contribution is 2.16. The van der Waals surface area contributed by atoms with Gasteiger partial charge in [0, 0.05) is 45.2 Å². The van der Waals surface area contributed by atoms with Crippen molar-refractivity contribution in [2.45, 2.75) is 19.8 Å². The Morgan fingerprint density at radius 2 is 2.19 bits per heavy atom. The fourth-order valence-electron chi connectivity index (χ4n) is 2.16. The van der Waals surface area contributed by atoms with Gasteiger partial charge in [0.2, 0.25) is 0 Å². The summed E-state index contributed by atoms with van der Waals surface area (Å²) in [6.45, 7) is 9.43. The van der Waals surface area contributed by atoms with E-state index in [2.05, 4.69) is 25.5 Å². The molecule has 1 saturated heterocycles. The number of carbonyl (C=O) groups is 1. The van der Waals surface area contributed by atoms with Crippen LogP contribution in [-0.4, -0.2) is 60.0 Å². The molecule has 1 aromatic rings. The second-order valence-electron chi connectivity index (χ2n) is 5.43. The molecule has 0 aliphatic carbocycles. The Balaban J connectivity index is 1.89. The quantitative estimate of drug-likeness (QED) is 0.845.